The van der Waals surface area contributed by atoms with E-state index in [1.54, 1.807) is 42.0 Å². The highest BCUT2D eigenvalue weighted by Gasteiger charge is 2.21. The Bertz CT molecular complexity index is 572. The average molecular weight is 291 g/mol. The number of aromatic nitrogens is 1. The molecule has 0 aliphatic rings. The Kier molecular flexibility index (Phi) is 4.67. The van der Waals surface area contributed by atoms with Crippen molar-refractivity contribution in [2.45, 2.75) is 12.6 Å². The van der Waals surface area contributed by atoms with Crippen LogP contribution in [0.5, 0.6) is 0 Å². The van der Waals surface area contributed by atoms with Gasteiger partial charge in [0.05, 0.1) is 12.1 Å². The molecule has 7 heteroatoms. The standard InChI is InChI=1S/C13H13N3O3S/c17-12(18)11(9-4-2-1-3-5-9)16-13(19)15-7-10-6-14-8-20-10/h1-6,8,11H,7H2,(H,17,18)(H2,15,16,19)/t11-/m0/s1. The van der Waals surface area contributed by atoms with Crippen LogP contribution in [0.4, 0.5) is 4.79 Å². The van der Waals surface area contributed by atoms with Crippen molar-refractivity contribution in [2.24, 2.45) is 0 Å². The molecule has 1 aromatic heterocycles. The van der Waals surface area contributed by atoms with E-state index in [1.807, 2.05) is 0 Å². The van der Waals surface area contributed by atoms with Crippen LogP contribution in [-0.2, 0) is 11.3 Å². The molecule has 0 aliphatic heterocycles. The number of hydrogen-bond acceptors (Lipinski definition) is 4. The smallest absolute Gasteiger partial charge is 0.330 e. The van der Waals surface area contributed by atoms with Crippen molar-refractivity contribution < 1.29 is 14.7 Å². The van der Waals surface area contributed by atoms with Crippen LogP contribution < -0.4 is 10.6 Å². The summed E-state index contributed by atoms with van der Waals surface area (Å²) < 4.78 is 0. The van der Waals surface area contributed by atoms with Gasteiger partial charge in [-0.2, -0.15) is 0 Å². The third-order valence-electron chi connectivity index (χ3n) is 2.56. The molecule has 2 rings (SSSR count). The van der Waals surface area contributed by atoms with Crippen molar-refractivity contribution in [3.63, 3.8) is 0 Å². The van der Waals surface area contributed by atoms with Crippen LogP contribution in [0.1, 0.15) is 16.5 Å². The minimum atomic E-state index is -1.11. The number of nitrogens with one attached hydrogen (secondary N) is 2. The quantitative estimate of drug-likeness (QED) is 0.783. The third-order valence-corrected chi connectivity index (χ3v) is 3.34. The van der Waals surface area contributed by atoms with Crippen molar-refractivity contribution >= 4 is 23.3 Å². The fraction of sp³-hybridized carbons (Fsp3) is 0.154. The number of carbonyl (C=O) groups excluding carboxylic acids is 1. The average Bonchev–Trinajstić information content (AvgIpc) is 2.96. The number of rotatable bonds is 5. The summed E-state index contributed by atoms with van der Waals surface area (Å²) in [7, 11) is 0. The van der Waals surface area contributed by atoms with E-state index < -0.39 is 18.0 Å². The Morgan fingerprint density at radius 1 is 1.30 bits per heavy atom. The van der Waals surface area contributed by atoms with Gasteiger partial charge in [-0.15, -0.1) is 11.3 Å². The van der Waals surface area contributed by atoms with E-state index in [9.17, 15) is 14.7 Å². The topological polar surface area (TPSA) is 91.3 Å². The number of carboxylic acid groups (broad SMARTS) is 1. The van der Waals surface area contributed by atoms with Crippen LogP contribution in [0.25, 0.3) is 0 Å². The lowest BCUT2D eigenvalue weighted by Crippen LogP contribution is -2.40. The molecule has 0 aliphatic carbocycles. The maximum atomic E-state index is 11.7. The number of urea groups is 1. The highest BCUT2D eigenvalue weighted by atomic mass is 32.1. The lowest BCUT2D eigenvalue weighted by atomic mass is 10.1. The summed E-state index contributed by atoms with van der Waals surface area (Å²) in [6, 6.07) is 6.94. The molecule has 20 heavy (non-hydrogen) atoms. The van der Waals surface area contributed by atoms with Gasteiger partial charge in [-0.25, -0.2) is 9.59 Å². The van der Waals surface area contributed by atoms with Crippen LogP contribution in [0, 0.1) is 0 Å². The largest absolute Gasteiger partial charge is 0.479 e. The van der Waals surface area contributed by atoms with Crippen LogP contribution in [-0.4, -0.2) is 22.1 Å². The highest BCUT2D eigenvalue weighted by molar-refractivity contribution is 7.09. The molecular weight excluding hydrogens is 278 g/mol. The number of aliphatic carboxylic acids is 1. The molecule has 2 amide bonds. The fourth-order valence-electron chi connectivity index (χ4n) is 1.61. The first-order valence-electron chi connectivity index (χ1n) is 5.86. The Balaban J connectivity index is 1.95. The van der Waals surface area contributed by atoms with Gasteiger partial charge in [0.1, 0.15) is 0 Å². The Labute approximate surface area is 119 Å². The zero-order chi connectivity index (χ0) is 14.4. The van der Waals surface area contributed by atoms with Crippen LogP contribution in [0.3, 0.4) is 0 Å². The van der Waals surface area contributed by atoms with E-state index in [2.05, 4.69) is 15.6 Å². The predicted octanol–water partition coefficient (Wildman–Crippen LogP) is 1.77. The zero-order valence-electron chi connectivity index (χ0n) is 10.4. The predicted molar refractivity (Wildman–Crippen MR) is 74.3 cm³/mol. The molecule has 0 fully saturated rings. The number of carboxylic acids is 1. The Morgan fingerprint density at radius 2 is 2.05 bits per heavy atom. The van der Waals surface area contributed by atoms with Gasteiger partial charge >= 0.3 is 12.0 Å². The van der Waals surface area contributed by atoms with Crippen molar-refractivity contribution in [2.75, 3.05) is 0 Å². The highest BCUT2D eigenvalue weighted by Crippen LogP contribution is 2.12. The van der Waals surface area contributed by atoms with Crippen molar-refractivity contribution in [3.8, 4) is 0 Å². The van der Waals surface area contributed by atoms with Crippen LogP contribution in [0.2, 0.25) is 0 Å². The first kappa shape index (κ1) is 14.0. The lowest BCUT2D eigenvalue weighted by molar-refractivity contribution is -0.139. The summed E-state index contributed by atoms with van der Waals surface area (Å²) in [5.41, 5.74) is 2.19. The van der Waals surface area contributed by atoms with Crippen LogP contribution >= 0.6 is 11.3 Å². The maximum absolute atomic E-state index is 11.7. The van der Waals surface area contributed by atoms with Crippen molar-refractivity contribution in [3.05, 3.63) is 52.5 Å². The summed E-state index contributed by atoms with van der Waals surface area (Å²) in [5.74, 6) is -1.11. The summed E-state index contributed by atoms with van der Waals surface area (Å²) in [6.45, 7) is 0.317. The van der Waals surface area contributed by atoms with E-state index in [0.29, 0.717) is 12.1 Å². The number of nitrogens with zero attached hydrogens (tertiary/aromatic N) is 1. The SMILES string of the molecule is O=C(NCc1cncs1)N[C@H](C(=O)O)c1ccccc1. The molecule has 0 saturated carbocycles. The second-order valence-electron chi connectivity index (χ2n) is 3.98. The Hall–Kier alpha value is -2.41. The summed E-state index contributed by atoms with van der Waals surface area (Å²) in [4.78, 5) is 27.7. The van der Waals surface area contributed by atoms with E-state index in [1.165, 1.54) is 11.3 Å². The van der Waals surface area contributed by atoms with Gasteiger partial charge in [0, 0.05) is 11.1 Å². The van der Waals surface area contributed by atoms with Gasteiger partial charge in [0.2, 0.25) is 0 Å². The van der Waals surface area contributed by atoms with Crippen LogP contribution in [0.15, 0.2) is 42.0 Å². The molecule has 0 unspecified atom stereocenters. The lowest BCUT2D eigenvalue weighted by Gasteiger charge is -2.15. The monoisotopic (exact) mass is 291 g/mol. The van der Waals surface area contributed by atoms with Crippen molar-refractivity contribution in [1.29, 1.82) is 0 Å². The number of amides is 2. The molecule has 0 radical (unpaired) electrons. The first-order chi connectivity index (χ1) is 9.66. The molecule has 3 N–H and O–H groups in total. The second-order valence-corrected chi connectivity index (χ2v) is 4.95. The van der Waals surface area contributed by atoms with E-state index in [0.717, 1.165) is 4.88 Å². The zero-order valence-corrected chi connectivity index (χ0v) is 11.3. The van der Waals surface area contributed by atoms with E-state index >= 15 is 0 Å². The Morgan fingerprint density at radius 3 is 2.65 bits per heavy atom. The molecule has 0 bridgehead atoms. The molecule has 1 atom stereocenters. The molecule has 0 spiro atoms. The normalized spacial score (nSPS) is 11.6. The molecule has 6 nitrogen and oxygen atoms in total. The minimum absolute atomic E-state index is 0.317. The molecular formula is C13H13N3O3S. The van der Waals surface area contributed by atoms with Crippen molar-refractivity contribution in [1.82, 2.24) is 15.6 Å². The van der Waals surface area contributed by atoms with Gasteiger partial charge in [-0.3, -0.25) is 4.98 Å². The second kappa shape index (κ2) is 6.67. The number of carbonyl (C=O) groups is 2. The molecule has 0 saturated heterocycles. The first-order valence-corrected chi connectivity index (χ1v) is 6.74. The van der Waals surface area contributed by atoms with E-state index in [4.69, 9.17) is 0 Å². The summed E-state index contributed by atoms with van der Waals surface area (Å²) >= 11 is 1.42. The molecule has 1 aromatic carbocycles. The van der Waals surface area contributed by atoms with Gasteiger partial charge in [-0.1, -0.05) is 30.3 Å². The minimum Gasteiger partial charge on any atom is -0.479 e. The van der Waals surface area contributed by atoms with Gasteiger partial charge in [-0.05, 0) is 5.56 Å². The maximum Gasteiger partial charge on any atom is 0.330 e. The molecule has 2 aromatic rings. The fourth-order valence-corrected chi connectivity index (χ4v) is 2.15. The number of benzene rings is 1. The number of thiazole rings is 1. The molecule has 1 heterocycles. The van der Waals surface area contributed by atoms with Gasteiger partial charge in [0.25, 0.3) is 0 Å². The third kappa shape index (κ3) is 3.79. The van der Waals surface area contributed by atoms with E-state index in [-0.39, 0.29) is 0 Å². The summed E-state index contributed by atoms with van der Waals surface area (Å²) in [5, 5.41) is 14.2. The summed E-state index contributed by atoms with van der Waals surface area (Å²) in [6.07, 6.45) is 1.65. The van der Waals surface area contributed by atoms with Gasteiger partial charge in [0.15, 0.2) is 6.04 Å². The molecule has 104 valence electrons. The number of hydrogen-bond donors (Lipinski definition) is 3. The van der Waals surface area contributed by atoms with Gasteiger partial charge < -0.3 is 15.7 Å².